The summed E-state index contributed by atoms with van der Waals surface area (Å²) in [7, 11) is 0. The van der Waals surface area contributed by atoms with E-state index in [1.165, 1.54) is 12.0 Å². The van der Waals surface area contributed by atoms with E-state index in [1.54, 1.807) is 0 Å². The van der Waals surface area contributed by atoms with Crippen LogP contribution in [0.3, 0.4) is 0 Å². The van der Waals surface area contributed by atoms with E-state index in [1.807, 2.05) is 18.2 Å². The monoisotopic (exact) mass is 232 g/mol. The van der Waals surface area contributed by atoms with E-state index in [4.69, 9.17) is 5.73 Å². The average Bonchev–Trinajstić information content (AvgIpc) is 2.35. The predicted octanol–water partition coefficient (Wildman–Crippen LogP) is 3.27. The molecule has 94 valence electrons. The second-order valence-electron chi connectivity index (χ2n) is 4.54. The Morgan fingerprint density at radius 1 is 1.35 bits per heavy atom. The third-order valence-electron chi connectivity index (χ3n) is 3.22. The lowest BCUT2D eigenvalue weighted by Gasteiger charge is -2.21. The highest BCUT2D eigenvalue weighted by atomic mass is 15.1. The Bertz CT molecular complexity index is 329. The van der Waals surface area contributed by atoms with Gasteiger partial charge in [0.2, 0.25) is 0 Å². The largest absolute Gasteiger partial charge is 0.399 e. The highest BCUT2D eigenvalue weighted by Crippen LogP contribution is 2.20. The highest BCUT2D eigenvalue weighted by Gasteiger charge is 2.07. The molecule has 0 aromatic heterocycles. The molecular weight excluding hydrogens is 208 g/mol. The number of nitrogens with zero attached hydrogens (tertiary/aromatic N) is 1. The molecule has 1 rings (SSSR count). The molecule has 0 amide bonds. The molecule has 2 nitrogen and oxygen atoms in total. The Morgan fingerprint density at radius 2 is 2.00 bits per heavy atom. The minimum Gasteiger partial charge on any atom is -0.399 e. The molecule has 0 aliphatic rings. The SMILES string of the molecule is C=CCN(CC)CCC(C)c1ccc(N)cc1. The van der Waals surface area contributed by atoms with Gasteiger partial charge in [-0.15, -0.1) is 6.58 Å². The molecule has 2 heteroatoms. The fraction of sp³-hybridized carbons (Fsp3) is 0.467. The van der Waals surface area contributed by atoms with E-state index >= 15 is 0 Å². The molecule has 0 saturated heterocycles. The van der Waals surface area contributed by atoms with Crippen molar-refractivity contribution in [1.82, 2.24) is 4.90 Å². The molecule has 0 heterocycles. The summed E-state index contributed by atoms with van der Waals surface area (Å²) in [5, 5.41) is 0. The first kappa shape index (κ1) is 13.8. The third kappa shape index (κ3) is 4.61. The summed E-state index contributed by atoms with van der Waals surface area (Å²) in [5.41, 5.74) is 7.90. The van der Waals surface area contributed by atoms with Crippen LogP contribution in [-0.4, -0.2) is 24.5 Å². The summed E-state index contributed by atoms with van der Waals surface area (Å²) in [4.78, 5) is 2.40. The van der Waals surface area contributed by atoms with Crippen molar-refractivity contribution < 1.29 is 0 Å². The molecule has 0 aliphatic heterocycles. The van der Waals surface area contributed by atoms with Crippen LogP contribution in [0.4, 0.5) is 5.69 Å². The number of nitrogen functional groups attached to an aromatic ring is 1. The Labute approximate surface area is 105 Å². The van der Waals surface area contributed by atoms with E-state index in [9.17, 15) is 0 Å². The maximum absolute atomic E-state index is 5.69. The molecule has 1 unspecified atom stereocenters. The number of likely N-dealkylation sites (N-methyl/N-ethyl adjacent to an activating group) is 1. The molecule has 2 N–H and O–H groups in total. The second-order valence-corrected chi connectivity index (χ2v) is 4.54. The lowest BCUT2D eigenvalue weighted by molar-refractivity contribution is 0.306. The Kier molecular flexibility index (Phi) is 5.78. The van der Waals surface area contributed by atoms with Crippen LogP contribution >= 0.6 is 0 Å². The average molecular weight is 232 g/mol. The van der Waals surface area contributed by atoms with Crippen LogP contribution < -0.4 is 5.73 Å². The van der Waals surface area contributed by atoms with E-state index in [0.29, 0.717) is 5.92 Å². The van der Waals surface area contributed by atoms with Crippen molar-refractivity contribution >= 4 is 5.69 Å². The Hall–Kier alpha value is -1.28. The standard InChI is InChI=1S/C15H24N2/c1-4-11-17(5-2)12-10-13(3)14-6-8-15(16)9-7-14/h4,6-9,13H,1,5,10-12,16H2,2-3H3. The zero-order valence-electron chi connectivity index (χ0n) is 11.0. The zero-order valence-corrected chi connectivity index (χ0v) is 11.0. The molecule has 0 fully saturated rings. The maximum Gasteiger partial charge on any atom is 0.0314 e. The molecule has 0 radical (unpaired) electrons. The number of nitrogens with two attached hydrogens (primary N) is 1. The van der Waals surface area contributed by atoms with Gasteiger partial charge in [0, 0.05) is 12.2 Å². The van der Waals surface area contributed by atoms with E-state index in [0.717, 1.165) is 25.3 Å². The molecule has 0 saturated carbocycles. The van der Waals surface area contributed by atoms with Crippen LogP contribution in [0.1, 0.15) is 31.7 Å². The third-order valence-corrected chi connectivity index (χ3v) is 3.22. The summed E-state index contributed by atoms with van der Waals surface area (Å²) in [6, 6.07) is 8.22. The van der Waals surface area contributed by atoms with Crippen molar-refractivity contribution in [1.29, 1.82) is 0 Å². The first-order valence-corrected chi connectivity index (χ1v) is 6.36. The summed E-state index contributed by atoms with van der Waals surface area (Å²) in [6.07, 6.45) is 3.14. The molecule has 17 heavy (non-hydrogen) atoms. The summed E-state index contributed by atoms with van der Waals surface area (Å²) in [5.74, 6) is 0.578. The Morgan fingerprint density at radius 3 is 2.53 bits per heavy atom. The van der Waals surface area contributed by atoms with Gasteiger partial charge in [0.25, 0.3) is 0 Å². The van der Waals surface area contributed by atoms with Gasteiger partial charge in [-0.1, -0.05) is 32.1 Å². The van der Waals surface area contributed by atoms with Gasteiger partial charge in [0.05, 0.1) is 0 Å². The number of rotatable bonds is 7. The first-order valence-electron chi connectivity index (χ1n) is 6.36. The van der Waals surface area contributed by atoms with Crippen LogP contribution in [0.15, 0.2) is 36.9 Å². The van der Waals surface area contributed by atoms with Crippen molar-refractivity contribution in [2.24, 2.45) is 0 Å². The van der Waals surface area contributed by atoms with Crippen LogP contribution in [0.2, 0.25) is 0 Å². The van der Waals surface area contributed by atoms with Crippen molar-refractivity contribution in [2.75, 3.05) is 25.4 Å². The van der Waals surface area contributed by atoms with E-state index in [-0.39, 0.29) is 0 Å². The van der Waals surface area contributed by atoms with E-state index < -0.39 is 0 Å². The lowest BCUT2D eigenvalue weighted by Crippen LogP contribution is -2.25. The second kappa shape index (κ2) is 7.13. The van der Waals surface area contributed by atoms with E-state index in [2.05, 4.69) is 37.5 Å². The van der Waals surface area contributed by atoms with Gasteiger partial charge in [-0.2, -0.15) is 0 Å². The number of anilines is 1. The quantitative estimate of drug-likeness (QED) is 0.577. The predicted molar refractivity (Wildman–Crippen MR) is 76.2 cm³/mol. The van der Waals surface area contributed by atoms with Gasteiger partial charge >= 0.3 is 0 Å². The van der Waals surface area contributed by atoms with Crippen molar-refractivity contribution in [3.05, 3.63) is 42.5 Å². The normalized spacial score (nSPS) is 12.6. The van der Waals surface area contributed by atoms with Gasteiger partial charge in [0.15, 0.2) is 0 Å². The van der Waals surface area contributed by atoms with Crippen molar-refractivity contribution in [2.45, 2.75) is 26.2 Å². The van der Waals surface area contributed by atoms with Gasteiger partial charge in [0.1, 0.15) is 0 Å². The molecular formula is C15H24N2. The number of hydrogen-bond donors (Lipinski definition) is 1. The van der Waals surface area contributed by atoms with Gasteiger partial charge < -0.3 is 5.73 Å². The van der Waals surface area contributed by atoms with Crippen LogP contribution in [0, 0.1) is 0 Å². The van der Waals surface area contributed by atoms with Gasteiger partial charge in [-0.05, 0) is 43.1 Å². The fourth-order valence-corrected chi connectivity index (χ4v) is 1.93. The molecule has 1 aromatic carbocycles. The minimum atomic E-state index is 0.578. The zero-order chi connectivity index (χ0) is 12.7. The summed E-state index contributed by atoms with van der Waals surface area (Å²) >= 11 is 0. The number of hydrogen-bond acceptors (Lipinski definition) is 2. The Balaban J connectivity index is 2.45. The summed E-state index contributed by atoms with van der Waals surface area (Å²) in [6.45, 7) is 11.4. The molecule has 1 aromatic rings. The summed E-state index contributed by atoms with van der Waals surface area (Å²) < 4.78 is 0. The first-order chi connectivity index (χ1) is 8.17. The molecule has 0 bridgehead atoms. The molecule has 1 atom stereocenters. The lowest BCUT2D eigenvalue weighted by atomic mass is 9.97. The van der Waals surface area contributed by atoms with Crippen molar-refractivity contribution in [3.8, 4) is 0 Å². The van der Waals surface area contributed by atoms with Crippen molar-refractivity contribution in [3.63, 3.8) is 0 Å². The maximum atomic E-state index is 5.69. The van der Waals surface area contributed by atoms with Gasteiger partial charge in [-0.3, -0.25) is 4.90 Å². The number of benzene rings is 1. The highest BCUT2D eigenvalue weighted by molar-refractivity contribution is 5.40. The van der Waals surface area contributed by atoms with Gasteiger partial charge in [-0.25, -0.2) is 0 Å². The van der Waals surface area contributed by atoms with Crippen LogP contribution in [0.5, 0.6) is 0 Å². The minimum absolute atomic E-state index is 0.578. The smallest absolute Gasteiger partial charge is 0.0314 e. The topological polar surface area (TPSA) is 29.3 Å². The molecule has 0 spiro atoms. The van der Waals surface area contributed by atoms with Crippen LogP contribution in [0.25, 0.3) is 0 Å². The molecule has 0 aliphatic carbocycles. The fourth-order valence-electron chi connectivity index (χ4n) is 1.93. The van der Waals surface area contributed by atoms with Crippen LogP contribution in [-0.2, 0) is 0 Å².